The van der Waals surface area contributed by atoms with Crippen LogP contribution in [0.25, 0.3) is 5.69 Å². The predicted molar refractivity (Wildman–Crippen MR) is 96.8 cm³/mol. The molecule has 134 valence electrons. The smallest absolute Gasteiger partial charge is 0.311 e. The number of rotatable bonds is 4. The van der Waals surface area contributed by atoms with E-state index in [9.17, 15) is 9.90 Å². The molecule has 0 unspecified atom stereocenters. The lowest BCUT2D eigenvalue weighted by molar-refractivity contribution is -0.149. The Bertz CT molecular complexity index is 785. The summed E-state index contributed by atoms with van der Waals surface area (Å²) < 4.78 is 2.63. The molecule has 2 fully saturated rings. The molecule has 1 aromatic heterocycles. The molecule has 1 aromatic carbocycles. The average molecular weight is 429 g/mol. The number of carboxylic acids is 1. The summed E-state index contributed by atoms with van der Waals surface area (Å²) in [5, 5.41) is 21.8. The molecule has 2 aromatic rings. The summed E-state index contributed by atoms with van der Waals surface area (Å²) in [6.07, 6.45) is 2.79. The topological polar surface area (TPSA) is 84.1 Å². The van der Waals surface area contributed by atoms with Crippen LogP contribution in [0.5, 0.6) is 0 Å². The van der Waals surface area contributed by atoms with Gasteiger partial charge in [0.15, 0.2) is 5.82 Å². The molecular formula is C16H19BrClN5O2. The molecule has 4 rings (SSSR count). The summed E-state index contributed by atoms with van der Waals surface area (Å²) in [6.45, 7) is 1.94. The number of carbonyl (C=O) groups is 1. The molecule has 0 radical (unpaired) electrons. The van der Waals surface area contributed by atoms with Crippen molar-refractivity contribution >= 4 is 34.3 Å². The standard InChI is InChI=1S/C16H18BrN5O2.ClH/c17-12-5-1-2-6-13(12)22-14(18-19-20-22)9-21-8-11-4-3-7-16(11,10-21)15(23)24;/h1-2,5-6,11H,3-4,7-10H2,(H,23,24);1H/t11-,16+;/m0./s1. The van der Waals surface area contributed by atoms with Crippen molar-refractivity contribution in [2.75, 3.05) is 13.1 Å². The summed E-state index contributed by atoms with van der Waals surface area (Å²) in [5.41, 5.74) is 0.302. The van der Waals surface area contributed by atoms with E-state index in [-0.39, 0.29) is 18.3 Å². The van der Waals surface area contributed by atoms with Crippen molar-refractivity contribution in [1.82, 2.24) is 25.1 Å². The number of para-hydroxylation sites is 1. The third kappa shape index (κ3) is 3.07. The Morgan fingerprint density at radius 1 is 1.40 bits per heavy atom. The van der Waals surface area contributed by atoms with Gasteiger partial charge in [-0.25, -0.2) is 0 Å². The van der Waals surface area contributed by atoms with E-state index in [4.69, 9.17) is 0 Å². The van der Waals surface area contributed by atoms with Gasteiger partial charge in [-0.3, -0.25) is 9.69 Å². The van der Waals surface area contributed by atoms with Crippen molar-refractivity contribution in [2.45, 2.75) is 25.8 Å². The minimum absolute atomic E-state index is 0. The Morgan fingerprint density at radius 3 is 2.92 bits per heavy atom. The Hall–Kier alpha value is -1.51. The van der Waals surface area contributed by atoms with Gasteiger partial charge in [0.05, 0.1) is 17.6 Å². The lowest BCUT2D eigenvalue weighted by atomic mass is 9.81. The molecule has 25 heavy (non-hydrogen) atoms. The number of fused-ring (bicyclic) bond motifs is 1. The second-order valence-electron chi connectivity index (χ2n) is 6.68. The first-order valence-electron chi connectivity index (χ1n) is 8.08. The first-order valence-corrected chi connectivity index (χ1v) is 8.87. The number of aromatic nitrogens is 4. The average Bonchev–Trinajstić information content (AvgIpc) is 3.22. The van der Waals surface area contributed by atoms with Crippen LogP contribution >= 0.6 is 28.3 Å². The van der Waals surface area contributed by atoms with E-state index in [2.05, 4.69) is 36.4 Å². The van der Waals surface area contributed by atoms with Gasteiger partial charge in [-0.1, -0.05) is 18.6 Å². The quantitative estimate of drug-likeness (QED) is 0.805. The minimum Gasteiger partial charge on any atom is -0.481 e. The summed E-state index contributed by atoms with van der Waals surface area (Å²) >= 11 is 3.52. The number of benzene rings is 1. The number of carboxylic acid groups (broad SMARTS) is 1. The lowest BCUT2D eigenvalue weighted by Gasteiger charge is -2.23. The van der Waals surface area contributed by atoms with Crippen LogP contribution in [0.2, 0.25) is 0 Å². The number of tetrazole rings is 1. The fourth-order valence-electron chi connectivity index (χ4n) is 4.18. The molecule has 7 nitrogen and oxygen atoms in total. The summed E-state index contributed by atoms with van der Waals surface area (Å²) in [4.78, 5) is 14.0. The van der Waals surface area contributed by atoms with Crippen molar-refractivity contribution in [3.8, 4) is 5.69 Å². The van der Waals surface area contributed by atoms with Gasteiger partial charge < -0.3 is 5.11 Å². The van der Waals surface area contributed by atoms with E-state index in [1.165, 1.54) is 0 Å². The maximum atomic E-state index is 11.8. The van der Waals surface area contributed by atoms with Crippen LogP contribution in [0, 0.1) is 11.3 Å². The van der Waals surface area contributed by atoms with E-state index in [0.29, 0.717) is 13.1 Å². The van der Waals surface area contributed by atoms with Crippen molar-refractivity contribution in [2.24, 2.45) is 11.3 Å². The second-order valence-corrected chi connectivity index (χ2v) is 7.53. The van der Waals surface area contributed by atoms with Crippen LogP contribution in [0.1, 0.15) is 25.1 Å². The van der Waals surface area contributed by atoms with Gasteiger partial charge >= 0.3 is 5.97 Å². The largest absolute Gasteiger partial charge is 0.481 e. The van der Waals surface area contributed by atoms with E-state index >= 15 is 0 Å². The van der Waals surface area contributed by atoms with Crippen molar-refractivity contribution in [3.63, 3.8) is 0 Å². The third-order valence-corrected chi connectivity index (χ3v) is 6.02. The molecule has 1 aliphatic heterocycles. The first-order chi connectivity index (χ1) is 11.6. The number of hydrogen-bond acceptors (Lipinski definition) is 5. The number of likely N-dealkylation sites (tertiary alicyclic amines) is 1. The summed E-state index contributed by atoms with van der Waals surface area (Å²) in [7, 11) is 0. The maximum absolute atomic E-state index is 11.8. The molecule has 2 heterocycles. The second kappa shape index (κ2) is 7.01. The van der Waals surface area contributed by atoms with Crippen molar-refractivity contribution in [3.05, 3.63) is 34.6 Å². The molecule has 0 amide bonds. The highest BCUT2D eigenvalue weighted by Gasteiger charge is 2.54. The van der Waals surface area contributed by atoms with E-state index in [1.807, 2.05) is 24.3 Å². The monoisotopic (exact) mass is 427 g/mol. The zero-order valence-corrected chi connectivity index (χ0v) is 15.9. The Morgan fingerprint density at radius 2 is 2.20 bits per heavy atom. The Labute approximate surface area is 159 Å². The number of nitrogens with zero attached hydrogens (tertiary/aromatic N) is 5. The van der Waals surface area contributed by atoms with Gasteiger partial charge in [-0.05, 0) is 57.2 Å². The Kier molecular flexibility index (Phi) is 5.13. The minimum atomic E-state index is -0.655. The molecule has 0 spiro atoms. The van der Waals surface area contributed by atoms with Gasteiger partial charge in [-0.15, -0.1) is 17.5 Å². The molecule has 2 atom stereocenters. The number of aliphatic carboxylic acids is 1. The zero-order valence-electron chi connectivity index (χ0n) is 13.5. The number of halogens is 2. The Balaban J connectivity index is 0.00000182. The summed E-state index contributed by atoms with van der Waals surface area (Å²) in [6, 6.07) is 7.77. The van der Waals surface area contributed by atoms with Crippen LogP contribution in [0.3, 0.4) is 0 Å². The highest BCUT2D eigenvalue weighted by molar-refractivity contribution is 9.10. The molecule has 1 aliphatic carbocycles. The van der Waals surface area contributed by atoms with Gasteiger partial charge in [0, 0.05) is 17.6 Å². The molecule has 1 saturated heterocycles. The zero-order chi connectivity index (χ0) is 16.7. The lowest BCUT2D eigenvalue weighted by Crippen LogP contribution is -2.35. The first kappa shape index (κ1) is 18.3. The SMILES string of the molecule is Cl.O=C(O)[C@@]12CCC[C@H]1CN(Cc1nnnn1-c1ccccc1Br)C2. The maximum Gasteiger partial charge on any atom is 0.311 e. The van der Waals surface area contributed by atoms with Crippen LogP contribution in [0.4, 0.5) is 0 Å². The van der Waals surface area contributed by atoms with E-state index in [0.717, 1.165) is 41.8 Å². The van der Waals surface area contributed by atoms with E-state index < -0.39 is 11.4 Å². The van der Waals surface area contributed by atoms with Gasteiger partial charge in [0.2, 0.25) is 0 Å². The predicted octanol–water partition coefficient (Wildman–Crippen LogP) is 2.53. The molecule has 2 aliphatic rings. The molecule has 9 heteroatoms. The van der Waals surface area contributed by atoms with Crippen LogP contribution < -0.4 is 0 Å². The highest BCUT2D eigenvalue weighted by atomic mass is 79.9. The molecule has 1 saturated carbocycles. The van der Waals surface area contributed by atoms with E-state index in [1.54, 1.807) is 4.68 Å². The normalized spacial score (nSPS) is 25.6. The fourth-order valence-corrected chi connectivity index (χ4v) is 4.63. The molecule has 1 N–H and O–H groups in total. The van der Waals surface area contributed by atoms with Gasteiger partial charge in [-0.2, -0.15) is 4.68 Å². The highest BCUT2D eigenvalue weighted by Crippen LogP contribution is 2.49. The molecular weight excluding hydrogens is 410 g/mol. The van der Waals surface area contributed by atoms with Crippen molar-refractivity contribution in [1.29, 1.82) is 0 Å². The third-order valence-electron chi connectivity index (χ3n) is 5.35. The van der Waals surface area contributed by atoms with Gasteiger partial charge in [0.25, 0.3) is 0 Å². The van der Waals surface area contributed by atoms with Crippen LogP contribution in [0.15, 0.2) is 28.7 Å². The van der Waals surface area contributed by atoms with Gasteiger partial charge in [0.1, 0.15) is 0 Å². The summed E-state index contributed by atoms with van der Waals surface area (Å²) in [5.74, 6) is 0.308. The van der Waals surface area contributed by atoms with Crippen molar-refractivity contribution < 1.29 is 9.90 Å². The van der Waals surface area contributed by atoms with Crippen LogP contribution in [-0.4, -0.2) is 49.3 Å². The molecule has 0 bridgehead atoms. The van der Waals surface area contributed by atoms with Crippen LogP contribution in [-0.2, 0) is 11.3 Å². The number of hydrogen-bond donors (Lipinski definition) is 1. The fraction of sp³-hybridized carbons (Fsp3) is 0.500.